The molecule has 1 aliphatic rings. The summed E-state index contributed by atoms with van der Waals surface area (Å²) < 4.78 is 0. The average Bonchev–Trinajstić information content (AvgIpc) is 2.26. The van der Waals surface area contributed by atoms with Gasteiger partial charge in [0, 0.05) is 0 Å². The SMILES string of the molecule is NC(=O)C(O)CNC(=O)[C@@H]1CCCCN1. The largest absolute Gasteiger partial charge is 0.381 e. The molecule has 0 spiro atoms. The number of carbonyl (C=O) groups excluding carboxylic acids is 2. The molecule has 0 aromatic carbocycles. The van der Waals surface area contributed by atoms with Gasteiger partial charge in [-0.1, -0.05) is 6.42 Å². The van der Waals surface area contributed by atoms with Gasteiger partial charge < -0.3 is 21.5 Å². The maximum absolute atomic E-state index is 11.5. The van der Waals surface area contributed by atoms with Crippen LogP contribution < -0.4 is 16.4 Å². The predicted molar refractivity (Wildman–Crippen MR) is 53.9 cm³/mol. The average molecular weight is 215 g/mol. The number of rotatable bonds is 4. The van der Waals surface area contributed by atoms with Gasteiger partial charge in [-0.25, -0.2) is 0 Å². The molecule has 2 atom stereocenters. The molecule has 6 heteroatoms. The Hall–Kier alpha value is -1.14. The van der Waals surface area contributed by atoms with E-state index < -0.39 is 12.0 Å². The molecule has 6 nitrogen and oxygen atoms in total. The lowest BCUT2D eigenvalue weighted by molar-refractivity contribution is -0.127. The van der Waals surface area contributed by atoms with Crippen molar-refractivity contribution in [3.63, 3.8) is 0 Å². The highest BCUT2D eigenvalue weighted by atomic mass is 16.3. The number of hydrogen-bond donors (Lipinski definition) is 4. The van der Waals surface area contributed by atoms with Crippen molar-refractivity contribution in [1.82, 2.24) is 10.6 Å². The number of hydrogen-bond acceptors (Lipinski definition) is 4. The second kappa shape index (κ2) is 5.67. The Morgan fingerprint density at radius 1 is 1.53 bits per heavy atom. The van der Waals surface area contributed by atoms with Gasteiger partial charge in [0.15, 0.2) is 0 Å². The Balaban J connectivity index is 2.25. The van der Waals surface area contributed by atoms with Gasteiger partial charge in [-0.2, -0.15) is 0 Å². The molecule has 0 radical (unpaired) electrons. The minimum absolute atomic E-state index is 0.119. The molecular weight excluding hydrogens is 198 g/mol. The zero-order valence-electron chi connectivity index (χ0n) is 8.53. The normalized spacial score (nSPS) is 23.1. The number of nitrogens with two attached hydrogens (primary N) is 1. The summed E-state index contributed by atoms with van der Waals surface area (Å²) in [4.78, 5) is 22.0. The van der Waals surface area contributed by atoms with E-state index in [0.717, 1.165) is 25.8 Å². The highest BCUT2D eigenvalue weighted by Crippen LogP contribution is 2.06. The zero-order chi connectivity index (χ0) is 11.3. The van der Waals surface area contributed by atoms with E-state index in [2.05, 4.69) is 10.6 Å². The van der Waals surface area contributed by atoms with Crippen LogP contribution in [0.25, 0.3) is 0 Å². The first-order valence-electron chi connectivity index (χ1n) is 5.09. The highest BCUT2D eigenvalue weighted by Gasteiger charge is 2.21. The van der Waals surface area contributed by atoms with E-state index in [9.17, 15) is 9.59 Å². The van der Waals surface area contributed by atoms with Crippen molar-refractivity contribution < 1.29 is 14.7 Å². The molecule has 0 aromatic rings. The van der Waals surface area contributed by atoms with E-state index in [4.69, 9.17) is 10.8 Å². The zero-order valence-corrected chi connectivity index (χ0v) is 8.53. The lowest BCUT2D eigenvalue weighted by Gasteiger charge is -2.22. The lowest BCUT2D eigenvalue weighted by atomic mass is 10.0. The number of amides is 2. The fourth-order valence-corrected chi connectivity index (χ4v) is 1.50. The van der Waals surface area contributed by atoms with Crippen LogP contribution in [0, 0.1) is 0 Å². The smallest absolute Gasteiger partial charge is 0.248 e. The van der Waals surface area contributed by atoms with E-state index >= 15 is 0 Å². The first-order chi connectivity index (χ1) is 7.11. The summed E-state index contributed by atoms with van der Waals surface area (Å²) in [6.07, 6.45) is 1.58. The van der Waals surface area contributed by atoms with Crippen molar-refractivity contribution >= 4 is 11.8 Å². The number of aliphatic hydroxyl groups is 1. The molecule has 5 N–H and O–H groups in total. The Bertz CT molecular complexity index is 239. The third-order valence-corrected chi connectivity index (χ3v) is 2.42. The maximum Gasteiger partial charge on any atom is 0.248 e. The molecule has 86 valence electrons. The minimum Gasteiger partial charge on any atom is -0.381 e. The molecule has 1 rings (SSSR count). The van der Waals surface area contributed by atoms with Gasteiger partial charge in [0.1, 0.15) is 6.10 Å². The third kappa shape index (κ3) is 3.85. The van der Waals surface area contributed by atoms with Crippen molar-refractivity contribution in [2.24, 2.45) is 5.73 Å². The molecule has 1 heterocycles. The number of primary amides is 1. The Kier molecular flexibility index (Phi) is 4.51. The first-order valence-corrected chi connectivity index (χ1v) is 5.09. The topological polar surface area (TPSA) is 104 Å². The van der Waals surface area contributed by atoms with Gasteiger partial charge in [0.2, 0.25) is 11.8 Å². The monoisotopic (exact) mass is 215 g/mol. The van der Waals surface area contributed by atoms with Crippen LogP contribution in [0.4, 0.5) is 0 Å². The standard InChI is InChI=1S/C9H17N3O3/c10-8(14)7(13)5-12-9(15)6-3-1-2-4-11-6/h6-7,11,13H,1-5H2,(H2,10,14)(H,12,15)/t6-,7?/m0/s1. The summed E-state index contributed by atoms with van der Waals surface area (Å²) in [5.41, 5.74) is 4.84. The summed E-state index contributed by atoms with van der Waals surface area (Å²) >= 11 is 0. The number of aliphatic hydroxyl groups excluding tert-OH is 1. The highest BCUT2D eigenvalue weighted by molar-refractivity contribution is 5.83. The molecular formula is C9H17N3O3. The molecule has 2 amide bonds. The molecule has 0 saturated carbocycles. The van der Waals surface area contributed by atoms with Crippen molar-refractivity contribution in [2.45, 2.75) is 31.4 Å². The van der Waals surface area contributed by atoms with E-state index in [0.29, 0.717) is 0 Å². The third-order valence-electron chi connectivity index (χ3n) is 2.42. The summed E-state index contributed by atoms with van der Waals surface area (Å²) in [7, 11) is 0. The number of piperidine rings is 1. The molecule has 1 unspecified atom stereocenters. The van der Waals surface area contributed by atoms with E-state index in [1.807, 2.05) is 0 Å². The fourth-order valence-electron chi connectivity index (χ4n) is 1.50. The molecule has 1 fully saturated rings. The second-order valence-corrected chi connectivity index (χ2v) is 3.67. The molecule has 15 heavy (non-hydrogen) atoms. The first kappa shape index (κ1) is 11.9. The lowest BCUT2D eigenvalue weighted by Crippen LogP contribution is -2.49. The van der Waals surface area contributed by atoms with Gasteiger partial charge in [0.05, 0.1) is 12.6 Å². The van der Waals surface area contributed by atoms with Crippen LogP contribution in [-0.2, 0) is 9.59 Å². The van der Waals surface area contributed by atoms with E-state index in [1.165, 1.54) is 0 Å². The molecule has 1 saturated heterocycles. The van der Waals surface area contributed by atoms with Gasteiger partial charge in [-0.15, -0.1) is 0 Å². The number of nitrogens with one attached hydrogen (secondary N) is 2. The molecule has 0 bridgehead atoms. The van der Waals surface area contributed by atoms with E-state index in [-0.39, 0.29) is 18.5 Å². The Morgan fingerprint density at radius 2 is 2.27 bits per heavy atom. The van der Waals surface area contributed by atoms with Crippen LogP contribution in [-0.4, -0.2) is 42.2 Å². The van der Waals surface area contributed by atoms with E-state index in [1.54, 1.807) is 0 Å². The van der Waals surface area contributed by atoms with Crippen LogP contribution in [0.5, 0.6) is 0 Å². The predicted octanol–water partition coefficient (Wildman–Crippen LogP) is -1.91. The van der Waals surface area contributed by atoms with Crippen LogP contribution in [0.2, 0.25) is 0 Å². The summed E-state index contributed by atoms with van der Waals surface area (Å²) in [6.45, 7) is 0.711. The van der Waals surface area contributed by atoms with Crippen molar-refractivity contribution in [3.8, 4) is 0 Å². The van der Waals surface area contributed by atoms with Crippen molar-refractivity contribution in [1.29, 1.82) is 0 Å². The minimum atomic E-state index is -1.31. The second-order valence-electron chi connectivity index (χ2n) is 3.67. The van der Waals surface area contributed by atoms with Gasteiger partial charge in [-0.05, 0) is 19.4 Å². The Labute approximate surface area is 88.2 Å². The Morgan fingerprint density at radius 3 is 2.80 bits per heavy atom. The van der Waals surface area contributed by atoms with Crippen LogP contribution in [0.3, 0.4) is 0 Å². The van der Waals surface area contributed by atoms with Crippen molar-refractivity contribution in [2.75, 3.05) is 13.1 Å². The fraction of sp³-hybridized carbons (Fsp3) is 0.778. The maximum atomic E-state index is 11.5. The summed E-state index contributed by atoms with van der Waals surface area (Å²) in [5, 5.41) is 14.6. The summed E-state index contributed by atoms with van der Waals surface area (Å²) in [6, 6.07) is -0.209. The van der Waals surface area contributed by atoms with Crippen LogP contribution in [0.15, 0.2) is 0 Å². The summed E-state index contributed by atoms with van der Waals surface area (Å²) in [5.74, 6) is -1.01. The van der Waals surface area contributed by atoms with Gasteiger partial charge >= 0.3 is 0 Å². The quantitative estimate of drug-likeness (QED) is 0.439. The number of carbonyl (C=O) groups is 2. The van der Waals surface area contributed by atoms with Gasteiger partial charge in [0.25, 0.3) is 0 Å². The molecule has 1 aliphatic heterocycles. The van der Waals surface area contributed by atoms with Gasteiger partial charge in [-0.3, -0.25) is 9.59 Å². The molecule has 0 aromatic heterocycles. The molecule has 0 aliphatic carbocycles. The van der Waals surface area contributed by atoms with Crippen LogP contribution >= 0.6 is 0 Å². The van der Waals surface area contributed by atoms with Crippen LogP contribution in [0.1, 0.15) is 19.3 Å². The van der Waals surface area contributed by atoms with Crippen molar-refractivity contribution in [3.05, 3.63) is 0 Å².